The standard InChI is InChI=1S/C55H63FN5O14P/c56-48-30-27-44(35-58-48)52(65)57-33-15-5-14-26-49(62)59-45(53(66)67)28-31-50(63)60-46(54(68)72-37-41-19-8-2-9-20-41)25-16-34-74-76(70,75-39-43-23-12-4-13-24-43)61-47(55(69)73-38-42-21-10-3-11-22-42)29-32-51(64)71-36-40-17-6-1-7-18-40/h1-4,6-13,17-24,27,30,35,45-47H,5,14-16,25-26,28-29,31-34,36-39H2,(H,57,65)(H,59,62)(H,60,63)(H,61,70)(H,66,67)/t45-,46-,47-,76?/m0/s1/i56-1. The van der Waals surface area contributed by atoms with Crippen LogP contribution in [-0.2, 0) is 83.0 Å². The summed E-state index contributed by atoms with van der Waals surface area (Å²) in [5, 5.41) is 20.3. The largest absolute Gasteiger partial charge is 0.480 e. The lowest BCUT2D eigenvalue weighted by Crippen LogP contribution is -2.44. The highest BCUT2D eigenvalue weighted by atomic mass is 31.2. The fourth-order valence-corrected chi connectivity index (χ4v) is 8.72. The van der Waals surface area contributed by atoms with E-state index in [0.717, 1.165) is 17.8 Å². The average Bonchev–Trinajstić information content (AvgIpc) is 3.43. The predicted molar refractivity (Wildman–Crippen MR) is 275 cm³/mol. The minimum absolute atomic E-state index is 0.00465. The van der Waals surface area contributed by atoms with Crippen LogP contribution in [0.4, 0.5) is 4.39 Å². The highest BCUT2D eigenvalue weighted by Gasteiger charge is 2.34. The number of carbonyl (C=O) groups is 7. The minimum Gasteiger partial charge on any atom is -0.480 e. The van der Waals surface area contributed by atoms with E-state index in [1.807, 2.05) is 6.07 Å². The topological polar surface area (TPSA) is 264 Å². The number of aliphatic carboxylic acids is 1. The summed E-state index contributed by atoms with van der Waals surface area (Å²) in [6.07, 6.45) is 1.12. The molecule has 1 heterocycles. The normalized spacial score (nSPS) is 12.9. The third-order valence-electron chi connectivity index (χ3n) is 11.3. The first-order valence-corrected chi connectivity index (χ1v) is 26.3. The lowest BCUT2D eigenvalue weighted by Gasteiger charge is -2.25. The molecule has 5 N–H and O–H groups in total. The second-order valence-electron chi connectivity index (χ2n) is 17.3. The molecule has 0 radical (unpaired) electrons. The van der Waals surface area contributed by atoms with Gasteiger partial charge in [-0.25, -0.2) is 24.2 Å². The Labute approximate surface area is 440 Å². The third kappa shape index (κ3) is 22.9. The maximum atomic E-state index is 14.7. The smallest absolute Gasteiger partial charge is 0.406 e. The van der Waals surface area contributed by atoms with Gasteiger partial charge in [0.15, 0.2) is 0 Å². The quantitative estimate of drug-likeness (QED) is 0.00881. The van der Waals surface area contributed by atoms with Crippen molar-refractivity contribution in [3.05, 3.63) is 173 Å². The van der Waals surface area contributed by atoms with E-state index in [0.29, 0.717) is 36.0 Å². The molecule has 1 aromatic heterocycles. The number of carboxylic acids is 1. The number of amides is 3. The number of unbranched alkanes of at least 4 members (excludes halogenated alkanes) is 2. The predicted octanol–water partition coefficient (Wildman–Crippen LogP) is 7.44. The zero-order chi connectivity index (χ0) is 54.4. The molecule has 0 aliphatic heterocycles. The lowest BCUT2D eigenvalue weighted by molar-refractivity contribution is -0.150. The number of aromatic nitrogens is 1. The van der Waals surface area contributed by atoms with E-state index in [2.05, 4.69) is 26.0 Å². The Hall–Kier alpha value is -7.64. The van der Waals surface area contributed by atoms with Crippen molar-refractivity contribution in [2.45, 2.75) is 109 Å². The molecule has 3 amide bonds. The molecule has 76 heavy (non-hydrogen) atoms. The summed E-state index contributed by atoms with van der Waals surface area (Å²) in [5.41, 5.74) is 2.91. The van der Waals surface area contributed by atoms with E-state index in [4.69, 9.17) is 23.3 Å². The van der Waals surface area contributed by atoms with Gasteiger partial charge in [0.25, 0.3) is 5.91 Å². The zero-order valence-corrected chi connectivity index (χ0v) is 42.7. The lowest BCUT2D eigenvalue weighted by atomic mass is 10.1. The maximum absolute atomic E-state index is 14.7. The maximum Gasteiger partial charge on any atom is 0.406 e. The van der Waals surface area contributed by atoms with Gasteiger partial charge in [-0.1, -0.05) is 128 Å². The summed E-state index contributed by atoms with van der Waals surface area (Å²) in [6, 6.07) is 33.6. The van der Waals surface area contributed by atoms with Crippen molar-refractivity contribution in [2.24, 2.45) is 0 Å². The number of hydrogen-bond donors (Lipinski definition) is 5. The zero-order valence-electron chi connectivity index (χ0n) is 41.9. The van der Waals surface area contributed by atoms with Crippen LogP contribution < -0.4 is 21.0 Å². The van der Waals surface area contributed by atoms with Crippen LogP contribution in [0.1, 0.15) is 96.8 Å². The van der Waals surface area contributed by atoms with E-state index >= 15 is 0 Å². The molecule has 0 spiro atoms. The van der Waals surface area contributed by atoms with Crippen molar-refractivity contribution >= 4 is 49.3 Å². The number of ether oxygens (including phenoxy) is 3. The summed E-state index contributed by atoms with van der Waals surface area (Å²) in [6.45, 7) is -0.555. The molecule has 0 saturated carbocycles. The Morgan fingerprint density at radius 3 is 1.61 bits per heavy atom. The van der Waals surface area contributed by atoms with Gasteiger partial charge in [0, 0.05) is 32.0 Å². The van der Waals surface area contributed by atoms with E-state index in [9.17, 15) is 47.6 Å². The Morgan fingerprint density at radius 1 is 0.539 bits per heavy atom. The molecule has 4 aromatic carbocycles. The molecule has 19 nitrogen and oxygen atoms in total. The Balaban J connectivity index is 1.18. The molecule has 5 aromatic rings. The number of halogens is 1. The number of nitrogens with one attached hydrogen (secondary N) is 4. The molecular weight excluding hydrogens is 1000 g/mol. The van der Waals surface area contributed by atoms with Crippen LogP contribution in [0, 0.1) is 5.95 Å². The van der Waals surface area contributed by atoms with Gasteiger partial charge in [0.1, 0.15) is 37.9 Å². The van der Waals surface area contributed by atoms with Crippen LogP contribution in [0.5, 0.6) is 0 Å². The summed E-state index contributed by atoms with van der Waals surface area (Å²) in [4.78, 5) is 94.1. The van der Waals surface area contributed by atoms with Crippen molar-refractivity contribution in [1.82, 2.24) is 26.0 Å². The van der Waals surface area contributed by atoms with E-state index in [-0.39, 0.29) is 83.7 Å². The van der Waals surface area contributed by atoms with Gasteiger partial charge in [-0.05, 0) is 72.9 Å². The van der Waals surface area contributed by atoms with Crippen molar-refractivity contribution in [3.8, 4) is 0 Å². The monoisotopic (exact) mass is 1070 g/mol. The first kappa shape index (κ1) is 59.2. The van der Waals surface area contributed by atoms with Gasteiger partial charge in [-0.2, -0.15) is 4.39 Å². The van der Waals surface area contributed by atoms with Crippen molar-refractivity contribution in [1.29, 1.82) is 0 Å². The fourth-order valence-electron chi connectivity index (χ4n) is 7.19. The molecule has 21 heteroatoms. The number of pyridine rings is 1. The molecule has 0 aliphatic rings. The number of carboxylic acid groups (broad SMARTS) is 1. The van der Waals surface area contributed by atoms with Crippen LogP contribution in [0.2, 0.25) is 0 Å². The van der Waals surface area contributed by atoms with E-state index < -0.39 is 79.8 Å². The van der Waals surface area contributed by atoms with Gasteiger partial charge in [0.05, 0.1) is 18.8 Å². The number of esters is 3. The fraction of sp³-hybridized carbons (Fsp3) is 0.345. The second-order valence-corrected chi connectivity index (χ2v) is 19.1. The minimum atomic E-state index is -4.47. The van der Waals surface area contributed by atoms with Crippen LogP contribution in [0.15, 0.2) is 140 Å². The van der Waals surface area contributed by atoms with Gasteiger partial charge >= 0.3 is 31.6 Å². The highest BCUT2D eigenvalue weighted by molar-refractivity contribution is 7.51. The van der Waals surface area contributed by atoms with Gasteiger partial charge in [-0.15, -0.1) is 0 Å². The summed E-state index contributed by atoms with van der Waals surface area (Å²) < 4.78 is 56.1. The number of hydrogen-bond acceptors (Lipinski definition) is 14. The van der Waals surface area contributed by atoms with Gasteiger partial charge in [0.2, 0.25) is 17.8 Å². The molecule has 0 bridgehead atoms. The van der Waals surface area contributed by atoms with Crippen molar-refractivity contribution < 1.29 is 70.9 Å². The number of carbonyl (C=O) groups excluding carboxylic acids is 6. The summed E-state index contributed by atoms with van der Waals surface area (Å²) >= 11 is 0. The summed E-state index contributed by atoms with van der Waals surface area (Å²) in [7, 11) is -4.47. The molecule has 0 saturated heterocycles. The molecule has 0 aliphatic carbocycles. The van der Waals surface area contributed by atoms with Crippen LogP contribution in [0.3, 0.4) is 0 Å². The number of rotatable bonds is 34. The van der Waals surface area contributed by atoms with E-state index in [1.165, 1.54) is 6.07 Å². The molecule has 1 unspecified atom stereocenters. The first-order valence-electron chi connectivity index (χ1n) is 24.8. The SMILES string of the molecule is O=C(CCCCCNC(=O)c1ccc([18F])nc1)N[C@@H](CCC(=O)N[C@@H](CCCOP(=O)(N[C@@H](CCC(=O)OCc1ccccc1)C(=O)OCc1ccccc1)OCc1ccccc1)C(=O)OCc1ccccc1)C(=O)O. The Kier molecular flexibility index (Phi) is 25.4. The molecule has 4 atom stereocenters. The van der Waals surface area contributed by atoms with E-state index in [1.54, 1.807) is 115 Å². The van der Waals surface area contributed by atoms with Gasteiger partial charge in [-0.3, -0.25) is 33.0 Å². The van der Waals surface area contributed by atoms with Crippen molar-refractivity contribution in [2.75, 3.05) is 13.2 Å². The van der Waals surface area contributed by atoms with Crippen LogP contribution in [0.25, 0.3) is 0 Å². The first-order chi connectivity index (χ1) is 36.7. The second kappa shape index (κ2) is 32.6. The number of benzene rings is 4. The Morgan fingerprint density at radius 2 is 1.05 bits per heavy atom. The van der Waals surface area contributed by atoms with Crippen LogP contribution in [-0.4, -0.2) is 83.0 Å². The number of nitrogens with zero attached hydrogens (tertiary/aromatic N) is 1. The molecule has 404 valence electrons. The summed E-state index contributed by atoms with van der Waals surface area (Å²) in [5.74, 6) is -6.10. The highest BCUT2D eigenvalue weighted by Crippen LogP contribution is 2.46. The average molecular weight is 1070 g/mol. The van der Waals surface area contributed by atoms with Crippen LogP contribution >= 0.6 is 7.75 Å². The van der Waals surface area contributed by atoms with Crippen molar-refractivity contribution in [3.63, 3.8) is 0 Å². The Bertz CT molecular complexity index is 2660. The molecular formula is C55H63FN5O14P. The molecule has 5 rings (SSSR count). The molecule has 0 fully saturated rings. The van der Waals surface area contributed by atoms with Gasteiger partial charge < -0.3 is 35.3 Å². The third-order valence-corrected chi connectivity index (χ3v) is 13.0.